The molecule has 1 aromatic heterocycles. The smallest absolute Gasteiger partial charge is 0.191 e. The lowest BCUT2D eigenvalue weighted by molar-refractivity contribution is 0.797. The summed E-state index contributed by atoms with van der Waals surface area (Å²) in [5.74, 6) is 0.701. The Bertz CT molecular complexity index is 719. The lowest BCUT2D eigenvalue weighted by atomic mass is 10.1. The molecule has 0 aliphatic carbocycles. The van der Waals surface area contributed by atoms with Gasteiger partial charge < -0.3 is 15.5 Å². The van der Waals surface area contributed by atoms with Crippen LogP contribution < -0.4 is 15.5 Å². The number of guanidine groups is 1. The Kier molecular flexibility index (Phi) is 8.49. The van der Waals surface area contributed by atoms with Gasteiger partial charge in [-0.2, -0.15) is 5.26 Å². The molecular weight excluding hydrogens is 435 g/mol. The van der Waals surface area contributed by atoms with Crippen molar-refractivity contribution in [3.63, 3.8) is 0 Å². The van der Waals surface area contributed by atoms with Crippen molar-refractivity contribution in [3.8, 4) is 6.07 Å². The fourth-order valence-corrected chi connectivity index (χ4v) is 2.67. The number of rotatable bonds is 5. The van der Waals surface area contributed by atoms with Crippen molar-refractivity contribution in [2.24, 2.45) is 4.99 Å². The van der Waals surface area contributed by atoms with Gasteiger partial charge in [0.1, 0.15) is 0 Å². The molecule has 8 heteroatoms. The quantitative estimate of drug-likeness (QED) is 0.411. The zero-order valence-electron chi connectivity index (χ0n) is 13.9. The molecule has 0 aliphatic rings. The van der Waals surface area contributed by atoms with Crippen LogP contribution in [0.5, 0.6) is 0 Å². The molecule has 24 heavy (non-hydrogen) atoms. The van der Waals surface area contributed by atoms with Crippen LogP contribution in [0, 0.1) is 11.3 Å². The van der Waals surface area contributed by atoms with E-state index in [1.54, 1.807) is 24.5 Å². The molecule has 0 saturated heterocycles. The first kappa shape index (κ1) is 20.2. The second kappa shape index (κ2) is 10.1. The molecule has 6 nitrogen and oxygen atoms in total. The van der Waals surface area contributed by atoms with Gasteiger partial charge in [-0.1, -0.05) is 12.1 Å². The number of nitrogens with one attached hydrogen (secondary N) is 2. The summed E-state index contributed by atoms with van der Waals surface area (Å²) in [6.45, 7) is 1.22. The van der Waals surface area contributed by atoms with Crippen LogP contribution in [0.4, 0.5) is 5.13 Å². The summed E-state index contributed by atoms with van der Waals surface area (Å²) in [5, 5.41) is 18.4. The molecule has 0 bridgehead atoms. The van der Waals surface area contributed by atoms with Crippen LogP contribution in [-0.4, -0.2) is 32.1 Å². The molecule has 1 heterocycles. The van der Waals surface area contributed by atoms with Gasteiger partial charge in [-0.25, -0.2) is 4.98 Å². The van der Waals surface area contributed by atoms with E-state index in [0.717, 1.165) is 16.4 Å². The minimum Gasteiger partial charge on any atom is -0.354 e. The molecular formula is C16H21IN6S. The number of anilines is 1. The number of nitriles is 1. The molecule has 0 saturated carbocycles. The zero-order chi connectivity index (χ0) is 16.7. The Labute approximate surface area is 163 Å². The topological polar surface area (TPSA) is 76.3 Å². The zero-order valence-corrected chi connectivity index (χ0v) is 17.1. The highest BCUT2D eigenvalue weighted by Gasteiger charge is 2.05. The van der Waals surface area contributed by atoms with Crippen LogP contribution in [0.1, 0.15) is 16.8 Å². The van der Waals surface area contributed by atoms with Gasteiger partial charge >= 0.3 is 0 Å². The van der Waals surface area contributed by atoms with Crippen LogP contribution in [0.2, 0.25) is 0 Å². The number of hydrogen-bond donors (Lipinski definition) is 2. The Morgan fingerprint density at radius 3 is 2.71 bits per heavy atom. The van der Waals surface area contributed by atoms with Crippen LogP contribution in [0.25, 0.3) is 0 Å². The van der Waals surface area contributed by atoms with E-state index in [0.29, 0.717) is 24.6 Å². The van der Waals surface area contributed by atoms with Crippen molar-refractivity contribution >= 4 is 46.4 Å². The Hall–Kier alpha value is -1.86. The van der Waals surface area contributed by atoms with Crippen LogP contribution in [-0.2, 0) is 13.1 Å². The molecule has 0 unspecified atom stereocenters. The van der Waals surface area contributed by atoms with Crippen LogP contribution in [0.3, 0.4) is 0 Å². The third-order valence-corrected chi connectivity index (χ3v) is 4.16. The van der Waals surface area contributed by atoms with E-state index < -0.39 is 0 Å². The monoisotopic (exact) mass is 456 g/mol. The molecule has 0 fully saturated rings. The fourth-order valence-electron chi connectivity index (χ4n) is 1.91. The standard InChI is InChI=1S/C16H20N6S.HI/c1-18-15(19-9-13-6-4-5-12(7-13)8-17)20-10-14-11-23-16(21-14)22(2)3;/h4-7,11H,9-10H2,1-3H3,(H2,18,19,20);1H. The maximum atomic E-state index is 8.92. The van der Waals surface area contributed by atoms with Crippen LogP contribution >= 0.6 is 35.3 Å². The third-order valence-electron chi connectivity index (χ3n) is 3.10. The first-order valence-corrected chi connectivity index (χ1v) is 8.05. The molecule has 0 spiro atoms. The predicted molar refractivity (Wildman–Crippen MR) is 110 cm³/mol. The van der Waals surface area contributed by atoms with Gasteiger partial charge in [0.15, 0.2) is 11.1 Å². The average Bonchev–Trinajstić information content (AvgIpc) is 3.04. The van der Waals surface area contributed by atoms with Crippen molar-refractivity contribution in [3.05, 3.63) is 46.5 Å². The van der Waals surface area contributed by atoms with Gasteiger partial charge in [-0.05, 0) is 17.7 Å². The molecule has 0 aliphatic heterocycles. The molecule has 0 amide bonds. The molecule has 2 rings (SSSR count). The van der Waals surface area contributed by atoms with Crippen LogP contribution in [0.15, 0.2) is 34.6 Å². The minimum atomic E-state index is 0. The maximum absolute atomic E-state index is 8.92. The van der Waals surface area contributed by atoms with Gasteiger partial charge in [0.2, 0.25) is 0 Å². The van der Waals surface area contributed by atoms with E-state index >= 15 is 0 Å². The number of hydrogen-bond acceptors (Lipinski definition) is 5. The molecule has 2 aromatic rings. The number of benzene rings is 1. The summed E-state index contributed by atoms with van der Waals surface area (Å²) in [6, 6.07) is 9.66. The molecule has 1 aromatic carbocycles. The Balaban J connectivity index is 0.00000288. The number of halogens is 1. The number of aromatic nitrogens is 1. The van der Waals surface area contributed by atoms with Gasteiger partial charge in [-0.3, -0.25) is 4.99 Å². The first-order valence-electron chi connectivity index (χ1n) is 7.17. The fraction of sp³-hybridized carbons (Fsp3) is 0.312. The van der Waals surface area contributed by atoms with E-state index in [9.17, 15) is 0 Å². The van der Waals surface area contributed by atoms with Crippen molar-refractivity contribution < 1.29 is 0 Å². The second-order valence-electron chi connectivity index (χ2n) is 5.11. The van der Waals surface area contributed by atoms with Gasteiger partial charge in [0.05, 0.1) is 23.9 Å². The van der Waals surface area contributed by atoms with Gasteiger partial charge in [0, 0.05) is 33.1 Å². The Morgan fingerprint density at radius 2 is 2.08 bits per heavy atom. The molecule has 0 radical (unpaired) electrons. The summed E-state index contributed by atoms with van der Waals surface area (Å²) in [6.07, 6.45) is 0. The molecule has 0 atom stereocenters. The molecule has 2 N–H and O–H groups in total. The van der Waals surface area contributed by atoms with E-state index in [1.807, 2.05) is 42.6 Å². The SMILES string of the molecule is CN=C(NCc1cccc(C#N)c1)NCc1csc(N(C)C)n1.I. The number of aliphatic imine (C=N–C) groups is 1. The van der Waals surface area contributed by atoms with E-state index in [1.165, 1.54) is 0 Å². The Morgan fingerprint density at radius 1 is 1.33 bits per heavy atom. The summed E-state index contributed by atoms with van der Waals surface area (Å²) < 4.78 is 0. The van der Waals surface area contributed by atoms with Gasteiger partial charge in [0.25, 0.3) is 0 Å². The highest BCUT2D eigenvalue weighted by atomic mass is 127. The summed E-state index contributed by atoms with van der Waals surface area (Å²) in [7, 11) is 5.69. The van der Waals surface area contributed by atoms with E-state index in [-0.39, 0.29) is 24.0 Å². The van der Waals surface area contributed by atoms with Gasteiger partial charge in [-0.15, -0.1) is 35.3 Å². The first-order chi connectivity index (χ1) is 11.1. The lowest BCUT2D eigenvalue weighted by Crippen LogP contribution is -2.36. The maximum Gasteiger partial charge on any atom is 0.191 e. The normalized spacial score (nSPS) is 10.5. The van der Waals surface area contributed by atoms with Crippen molar-refractivity contribution in [1.82, 2.24) is 15.6 Å². The summed E-state index contributed by atoms with van der Waals surface area (Å²) in [5.41, 5.74) is 2.68. The third kappa shape index (κ3) is 5.98. The largest absolute Gasteiger partial charge is 0.354 e. The number of nitrogens with zero attached hydrogens (tertiary/aromatic N) is 4. The summed E-state index contributed by atoms with van der Waals surface area (Å²) in [4.78, 5) is 10.7. The van der Waals surface area contributed by atoms with Crippen molar-refractivity contribution in [2.45, 2.75) is 13.1 Å². The second-order valence-corrected chi connectivity index (χ2v) is 5.94. The highest BCUT2D eigenvalue weighted by molar-refractivity contribution is 14.0. The van der Waals surface area contributed by atoms with E-state index in [2.05, 4.69) is 26.7 Å². The van der Waals surface area contributed by atoms with E-state index in [4.69, 9.17) is 5.26 Å². The number of thiazole rings is 1. The average molecular weight is 456 g/mol. The van der Waals surface area contributed by atoms with Crippen molar-refractivity contribution in [1.29, 1.82) is 5.26 Å². The summed E-state index contributed by atoms with van der Waals surface area (Å²) >= 11 is 1.62. The molecule has 128 valence electrons. The predicted octanol–water partition coefficient (Wildman–Crippen LogP) is 2.56. The minimum absolute atomic E-state index is 0. The lowest BCUT2D eigenvalue weighted by Gasteiger charge is -2.11. The van der Waals surface area contributed by atoms with Crippen molar-refractivity contribution in [2.75, 3.05) is 26.0 Å². The highest BCUT2D eigenvalue weighted by Crippen LogP contribution is 2.17.